The zero-order valence-electron chi connectivity index (χ0n) is 2.87. The fourth-order valence-electron chi connectivity index (χ4n) is 0. The van der Waals surface area contributed by atoms with Crippen LogP contribution in [0.3, 0.4) is 0 Å². The zero-order chi connectivity index (χ0) is 5.41. The Morgan fingerprint density at radius 3 is 1.00 bits per heavy atom. The molecule has 0 unspecified atom stereocenters. The van der Waals surface area contributed by atoms with Crippen LogP contribution >= 0.6 is 0 Å². The van der Waals surface area contributed by atoms with Crippen molar-refractivity contribution in [2.45, 2.75) is 0 Å². The van der Waals surface area contributed by atoms with Crippen molar-refractivity contribution in [3.8, 4) is 0 Å². The van der Waals surface area contributed by atoms with E-state index in [1.807, 2.05) is 0 Å². The summed E-state index contributed by atoms with van der Waals surface area (Å²) >= 11 is 0. The molecule has 42 valence electrons. The molecule has 0 rings (SSSR count). The van der Waals surface area contributed by atoms with Crippen LogP contribution in [0.1, 0.15) is 0 Å². The summed E-state index contributed by atoms with van der Waals surface area (Å²) in [6, 6.07) is 0. The van der Waals surface area contributed by atoms with Crippen molar-refractivity contribution in [1.29, 1.82) is 0 Å². The molecule has 8 heavy (non-hydrogen) atoms. The predicted molar refractivity (Wildman–Crippen MR) is 33.1 cm³/mol. The molecule has 0 aromatic heterocycles. The van der Waals surface area contributed by atoms with E-state index in [9.17, 15) is 0 Å². The van der Waals surface area contributed by atoms with Gasteiger partial charge in [0, 0.05) is 0 Å². The molecule has 0 aromatic carbocycles. The van der Waals surface area contributed by atoms with Crippen molar-refractivity contribution < 1.29 is 19.8 Å². The second kappa shape index (κ2) is 41.5. The van der Waals surface area contributed by atoms with E-state index in [1.54, 1.807) is 0 Å². The Labute approximate surface area is 98.6 Å². The van der Waals surface area contributed by atoms with Gasteiger partial charge in [-0.1, -0.05) is 0 Å². The zero-order valence-corrected chi connectivity index (χ0v) is 2.87. The molecule has 0 radical (unpaired) electrons. The number of rotatable bonds is 0. The van der Waals surface area contributed by atoms with Crippen LogP contribution < -0.4 is 0 Å². The molecule has 4 nitrogen and oxygen atoms in total. The maximum absolute atomic E-state index is 8.36. The van der Waals surface area contributed by atoms with Crippen LogP contribution in [0, 0.1) is 0 Å². The minimum absolute atomic E-state index is 0. The Kier molecular flexibility index (Phi) is 119. The summed E-state index contributed by atoms with van der Waals surface area (Å²) in [6.45, 7) is -0.500. The minimum atomic E-state index is -0.250. The first-order valence-corrected chi connectivity index (χ1v) is 0.988. The van der Waals surface area contributed by atoms with Gasteiger partial charge in [-0.3, -0.25) is 9.59 Å². The van der Waals surface area contributed by atoms with Gasteiger partial charge in [-0.2, -0.15) is 0 Å². The average Bonchev–Trinajstić information content (AvgIpc) is 1.39. The third-order valence-electron chi connectivity index (χ3n) is 0. The topological polar surface area (TPSA) is 74.6 Å². The van der Waals surface area contributed by atoms with Crippen molar-refractivity contribution in [2.75, 3.05) is 0 Å². The summed E-state index contributed by atoms with van der Waals surface area (Å²) in [7, 11) is 0. The van der Waals surface area contributed by atoms with Crippen molar-refractivity contribution >= 4 is 80.2 Å². The molecular formula is C2H7CaNaO4. The number of hydrogen-bond acceptors (Lipinski definition) is 2. The van der Waals surface area contributed by atoms with Crippen molar-refractivity contribution in [3.05, 3.63) is 0 Å². The molecule has 0 aromatic rings. The molecule has 0 saturated heterocycles. The molecule has 0 aliphatic rings. The van der Waals surface area contributed by atoms with Gasteiger partial charge < -0.3 is 10.2 Å². The fourth-order valence-corrected chi connectivity index (χ4v) is 0. The first-order valence-electron chi connectivity index (χ1n) is 0.988. The summed E-state index contributed by atoms with van der Waals surface area (Å²) in [5.41, 5.74) is 0. The Morgan fingerprint density at radius 2 is 1.00 bits per heavy atom. The summed E-state index contributed by atoms with van der Waals surface area (Å²) in [5.74, 6) is 0. The molecule has 0 aliphatic carbocycles. The fraction of sp³-hybridized carbons (Fsp3) is 0. The molecule has 0 atom stereocenters. The van der Waals surface area contributed by atoms with Gasteiger partial charge >= 0.3 is 67.3 Å². The molecule has 2 N–H and O–H groups in total. The standard InChI is InChI=1S/2CH2O2.Ca.Na.3H/c2*2-1-3;;;;;/h2*1H,(H,2,3);;;;;. The van der Waals surface area contributed by atoms with Crippen molar-refractivity contribution in [1.82, 2.24) is 0 Å². The summed E-state index contributed by atoms with van der Waals surface area (Å²) in [4.78, 5) is 16.7. The van der Waals surface area contributed by atoms with E-state index in [0.717, 1.165) is 0 Å². The van der Waals surface area contributed by atoms with E-state index in [1.165, 1.54) is 0 Å². The van der Waals surface area contributed by atoms with E-state index in [-0.39, 0.29) is 80.2 Å². The monoisotopic (exact) mass is 158 g/mol. The second-order valence-electron chi connectivity index (χ2n) is 0.211. The van der Waals surface area contributed by atoms with E-state index in [4.69, 9.17) is 19.8 Å². The van der Waals surface area contributed by atoms with Gasteiger partial charge in [0.05, 0.1) is 0 Å². The Morgan fingerprint density at radius 1 is 1.00 bits per heavy atom. The van der Waals surface area contributed by atoms with Gasteiger partial charge in [0.2, 0.25) is 0 Å². The van der Waals surface area contributed by atoms with Crippen LogP contribution in [0.4, 0.5) is 0 Å². The molecule has 0 bridgehead atoms. The van der Waals surface area contributed by atoms with E-state index in [2.05, 4.69) is 0 Å². The van der Waals surface area contributed by atoms with E-state index in [0.29, 0.717) is 0 Å². The Balaban J connectivity index is -0.0000000160. The molecule has 0 spiro atoms. The molecular weight excluding hydrogens is 151 g/mol. The normalized spacial score (nSPS) is 3.00. The number of carbonyl (C=O) groups is 2. The van der Waals surface area contributed by atoms with Crippen molar-refractivity contribution in [3.63, 3.8) is 0 Å². The molecule has 0 heterocycles. The number of hydrogen-bond donors (Lipinski definition) is 2. The molecule has 6 heteroatoms. The quantitative estimate of drug-likeness (QED) is 0.311. The van der Waals surface area contributed by atoms with Gasteiger partial charge in [0.25, 0.3) is 12.9 Å². The van der Waals surface area contributed by atoms with Crippen LogP contribution in [0.5, 0.6) is 0 Å². The Bertz CT molecular complexity index is 35.0. The molecule has 0 saturated carbocycles. The first kappa shape index (κ1) is 22.9. The first-order chi connectivity index (χ1) is 2.83. The summed E-state index contributed by atoms with van der Waals surface area (Å²) < 4.78 is 0. The van der Waals surface area contributed by atoms with Gasteiger partial charge in [-0.25, -0.2) is 0 Å². The SMILES string of the molecule is O=CO.O=CO.[CaH2].[NaH]. The van der Waals surface area contributed by atoms with E-state index >= 15 is 0 Å². The second-order valence-corrected chi connectivity index (χ2v) is 0.211. The van der Waals surface area contributed by atoms with Gasteiger partial charge in [-0.15, -0.1) is 0 Å². The van der Waals surface area contributed by atoms with Crippen LogP contribution in [0.25, 0.3) is 0 Å². The summed E-state index contributed by atoms with van der Waals surface area (Å²) in [5, 5.41) is 13.8. The summed E-state index contributed by atoms with van der Waals surface area (Å²) in [6.07, 6.45) is 0. The van der Waals surface area contributed by atoms with Crippen molar-refractivity contribution in [2.24, 2.45) is 0 Å². The third kappa shape index (κ3) is 192. The molecule has 0 fully saturated rings. The van der Waals surface area contributed by atoms with Crippen LogP contribution in [0.2, 0.25) is 0 Å². The van der Waals surface area contributed by atoms with Crippen LogP contribution in [-0.4, -0.2) is 90.5 Å². The van der Waals surface area contributed by atoms with Crippen LogP contribution in [-0.2, 0) is 9.59 Å². The molecule has 0 aliphatic heterocycles. The maximum atomic E-state index is 8.36. The Hall–Kier alpha value is 1.20. The number of carboxylic acid groups (broad SMARTS) is 2. The third-order valence-corrected chi connectivity index (χ3v) is 0. The predicted octanol–water partition coefficient (Wildman–Crippen LogP) is -2.16. The van der Waals surface area contributed by atoms with Gasteiger partial charge in [0.1, 0.15) is 0 Å². The van der Waals surface area contributed by atoms with E-state index < -0.39 is 0 Å². The van der Waals surface area contributed by atoms with Crippen LogP contribution in [0.15, 0.2) is 0 Å². The molecule has 0 amide bonds. The average molecular weight is 158 g/mol. The van der Waals surface area contributed by atoms with Gasteiger partial charge in [0.15, 0.2) is 0 Å². The van der Waals surface area contributed by atoms with Gasteiger partial charge in [-0.05, 0) is 0 Å².